The van der Waals surface area contributed by atoms with Crippen LogP contribution < -0.4 is 11.3 Å². The van der Waals surface area contributed by atoms with Crippen molar-refractivity contribution in [2.75, 3.05) is 0 Å². The van der Waals surface area contributed by atoms with Crippen LogP contribution in [0.5, 0.6) is 0 Å². The summed E-state index contributed by atoms with van der Waals surface area (Å²) in [4.78, 5) is 27.8. The molecule has 0 unspecified atom stereocenters. The van der Waals surface area contributed by atoms with Crippen molar-refractivity contribution in [3.63, 3.8) is 0 Å². The average molecular weight is 574 g/mol. The fourth-order valence-corrected chi connectivity index (χ4v) is 5.01. The first-order valence-corrected chi connectivity index (χ1v) is 12.3. The summed E-state index contributed by atoms with van der Waals surface area (Å²) in [6.45, 7) is 0. The van der Waals surface area contributed by atoms with E-state index < -0.39 is 46.0 Å². The molecule has 0 spiro atoms. The maximum absolute atomic E-state index is 15.6. The Bertz CT molecular complexity index is 1900. The number of aromatic nitrogens is 4. The van der Waals surface area contributed by atoms with Crippen LogP contribution >= 0.6 is 11.6 Å². The maximum atomic E-state index is 15.6. The van der Waals surface area contributed by atoms with Crippen molar-refractivity contribution in [1.29, 1.82) is 0 Å². The molecule has 6 rings (SSSR count). The average Bonchev–Trinajstić information content (AvgIpc) is 3.50. The molecule has 40 heavy (non-hydrogen) atoms. The number of amides is 1. The highest BCUT2D eigenvalue weighted by Crippen LogP contribution is 2.43. The number of aromatic amines is 1. The van der Waals surface area contributed by atoms with Crippen molar-refractivity contribution in [2.45, 2.75) is 25.1 Å². The number of pyridine rings is 1. The van der Waals surface area contributed by atoms with Gasteiger partial charge in [-0.15, -0.1) is 0 Å². The molecule has 5 aromatic rings. The molecule has 1 aliphatic rings. The van der Waals surface area contributed by atoms with Gasteiger partial charge in [-0.1, -0.05) is 11.6 Å². The topological polar surface area (TPSA) is 98.7 Å². The molecular weight excluding hydrogens is 557 g/mol. The third-order valence-electron chi connectivity index (χ3n) is 6.75. The van der Waals surface area contributed by atoms with E-state index in [0.717, 1.165) is 25.0 Å². The number of H-pyrrole nitrogens is 1. The molecule has 0 aliphatic heterocycles. The number of alkyl halides is 3. The molecule has 7 nitrogen and oxygen atoms in total. The van der Waals surface area contributed by atoms with E-state index in [0.29, 0.717) is 11.8 Å². The number of hydrogen-bond donors (Lipinski definition) is 2. The smallest absolute Gasteiger partial charge is 0.366 e. The van der Waals surface area contributed by atoms with Crippen LogP contribution in [0.4, 0.5) is 22.0 Å². The Morgan fingerprint density at radius 3 is 2.50 bits per heavy atom. The number of fused-ring (bicyclic) bond motifs is 1. The third kappa shape index (κ3) is 4.34. The number of carbonyl (C=O) groups excluding carboxylic acids is 1. The van der Waals surface area contributed by atoms with Gasteiger partial charge in [0.2, 0.25) is 5.91 Å². The van der Waals surface area contributed by atoms with Crippen molar-refractivity contribution in [1.82, 2.24) is 19.3 Å². The summed E-state index contributed by atoms with van der Waals surface area (Å²) < 4.78 is 73.6. The standard InChI is InChI=1S/C27H17ClF5N5O2/c28-19-4-1-13(29)7-16(19)25-24-18(23-17(26(34)40)5-12(6-20(23)30)27(31,32)33)11-37(21(24)8-22(39)36-25)15-9-35-38(10-15)14-2-3-14/h1,4-11,14H,2-3H2,(H2,34,40)(H,36,39). The quantitative estimate of drug-likeness (QED) is 0.244. The van der Waals surface area contributed by atoms with Crippen LogP contribution in [0.2, 0.25) is 5.02 Å². The minimum absolute atomic E-state index is 0.0324. The van der Waals surface area contributed by atoms with Gasteiger partial charge in [0.15, 0.2) is 0 Å². The molecule has 3 N–H and O–H groups in total. The van der Waals surface area contributed by atoms with Crippen molar-refractivity contribution in [3.8, 4) is 28.1 Å². The molecule has 204 valence electrons. The number of nitrogens with two attached hydrogens (primary N) is 1. The number of hydrogen-bond acceptors (Lipinski definition) is 3. The number of benzene rings is 2. The van der Waals surface area contributed by atoms with Crippen molar-refractivity contribution < 1.29 is 26.7 Å². The lowest BCUT2D eigenvalue weighted by molar-refractivity contribution is -0.137. The van der Waals surface area contributed by atoms with Gasteiger partial charge in [-0.3, -0.25) is 14.3 Å². The Hall–Kier alpha value is -4.45. The molecule has 2 aromatic carbocycles. The minimum Gasteiger partial charge on any atom is -0.366 e. The van der Waals surface area contributed by atoms with Crippen LogP contribution in [0.3, 0.4) is 0 Å². The Kier molecular flexibility index (Phi) is 5.84. The second-order valence-corrected chi connectivity index (χ2v) is 9.87. The van der Waals surface area contributed by atoms with Crippen molar-refractivity contribution >= 4 is 28.4 Å². The van der Waals surface area contributed by atoms with Gasteiger partial charge in [0.1, 0.15) is 11.6 Å². The molecule has 1 saturated carbocycles. The minimum atomic E-state index is -4.96. The van der Waals surface area contributed by atoms with E-state index >= 15 is 4.39 Å². The second kappa shape index (κ2) is 9.05. The zero-order valence-corrected chi connectivity index (χ0v) is 20.9. The SMILES string of the molecule is NC(=O)c1cc(C(F)(F)F)cc(F)c1-c1cn(-c2cnn(C3CC3)c2)c2cc(=O)[nH]c(-c3cc(F)ccc3Cl)c12. The normalized spacial score (nSPS) is 13.8. The number of rotatable bonds is 5. The van der Waals surface area contributed by atoms with Crippen LogP contribution in [-0.4, -0.2) is 25.2 Å². The van der Waals surface area contributed by atoms with E-state index in [1.165, 1.54) is 29.1 Å². The Labute approximate surface area is 226 Å². The summed E-state index contributed by atoms with van der Waals surface area (Å²) in [5, 5.41) is 4.47. The highest BCUT2D eigenvalue weighted by Gasteiger charge is 2.34. The lowest BCUT2D eigenvalue weighted by atomic mass is 9.94. The monoisotopic (exact) mass is 573 g/mol. The Morgan fingerprint density at radius 1 is 1.07 bits per heavy atom. The first-order valence-electron chi connectivity index (χ1n) is 11.9. The number of nitrogens with zero attached hydrogens (tertiary/aromatic N) is 3. The van der Waals surface area contributed by atoms with Crippen LogP contribution in [0.15, 0.2) is 59.8 Å². The van der Waals surface area contributed by atoms with Gasteiger partial charge < -0.3 is 15.3 Å². The number of primary amides is 1. The molecular formula is C27H17ClF5N5O2. The first-order chi connectivity index (χ1) is 18.9. The lowest BCUT2D eigenvalue weighted by Gasteiger charge is -2.14. The van der Waals surface area contributed by atoms with Crippen LogP contribution in [0, 0.1) is 11.6 Å². The zero-order valence-electron chi connectivity index (χ0n) is 20.2. The van der Waals surface area contributed by atoms with Gasteiger partial charge in [0.25, 0.3) is 5.56 Å². The first kappa shape index (κ1) is 25.8. The molecule has 0 atom stereocenters. The van der Waals surface area contributed by atoms with Gasteiger partial charge in [-0.2, -0.15) is 18.3 Å². The number of carbonyl (C=O) groups is 1. The van der Waals surface area contributed by atoms with Crippen LogP contribution in [-0.2, 0) is 6.18 Å². The summed E-state index contributed by atoms with van der Waals surface area (Å²) in [5.41, 5.74) is 2.70. The van der Waals surface area contributed by atoms with E-state index in [1.54, 1.807) is 10.9 Å². The van der Waals surface area contributed by atoms with Crippen molar-refractivity contribution in [3.05, 3.63) is 93.1 Å². The fourth-order valence-electron chi connectivity index (χ4n) is 4.80. The van der Waals surface area contributed by atoms with Crippen LogP contribution in [0.25, 0.3) is 39.0 Å². The number of halogens is 6. The molecule has 0 radical (unpaired) electrons. The molecule has 0 saturated heterocycles. The molecule has 0 bridgehead atoms. The largest absolute Gasteiger partial charge is 0.416 e. The zero-order chi connectivity index (χ0) is 28.5. The van der Waals surface area contributed by atoms with E-state index in [4.69, 9.17) is 17.3 Å². The third-order valence-corrected chi connectivity index (χ3v) is 7.08. The molecule has 1 fully saturated rings. The lowest BCUT2D eigenvalue weighted by Crippen LogP contribution is -2.16. The van der Waals surface area contributed by atoms with Crippen LogP contribution in [0.1, 0.15) is 34.8 Å². The van der Waals surface area contributed by atoms with E-state index in [2.05, 4.69) is 10.1 Å². The van der Waals surface area contributed by atoms with Gasteiger partial charge in [0.05, 0.1) is 45.3 Å². The van der Waals surface area contributed by atoms with Gasteiger partial charge in [0, 0.05) is 40.5 Å². The van der Waals surface area contributed by atoms with E-state index in [1.807, 2.05) is 0 Å². The summed E-state index contributed by atoms with van der Waals surface area (Å²) in [6, 6.07) is 5.53. The highest BCUT2D eigenvalue weighted by atomic mass is 35.5. The highest BCUT2D eigenvalue weighted by molar-refractivity contribution is 6.33. The number of nitrogens with one attached hydrogen (secondary N) is 1. The van der Waals surface area contributed by atoms with Crippen molar-refractivity contribution in [2.24, 2.45) is 5.73 Å². The predicted molar refractivity (Wildman–Crippen MR) is 137 cm³/mol. The van der Waals surface area contributed by atoms with Gasteiger partial charge in [-0.25, -0.2) is 8.78 Å². The van der Waals surface area contributed by atoms with Gasteiger partial charge in [-0.05, 0) is 43.2 Å². The van der Waals surface area contributed by atoms with Gasteiger partial charge >= 0.3 is 6.18 Å². The molecule has 1 aliphatic carbocycles. The summed E-state index contributed by atoms with van der Waals surface area (Å²) in [6.07, 6.45) is 1.48. The predicted octanol–water partition coefficient (Wildman–Crippen LogP) is 6.23. The molecule has 3 heterocycles. The maximum Gasteiger partial charge on any atom is 0.416 e. The summed E-state index contributed by atoms with van der Waals surface area (Å²) in [7, 11) is 0. The Balaban J connectivity index is 1.74. The molecule has 3 aromatic heterocycles. The summed E-state index contributed by atoms with van der Waals surface area (Å²) in [5.74, 6) is -3.38. The summed E-state index contributed by atoms with van der Waals surface area (Å²) >= 11 is 6.35. The second-order valence-electron chi connectivity index (χ2n) is 9.46. The van der Waals surface area contributed by atoms with E-state index in [-0.39, 0.29) is 44.9 Å². The Morgan fingerprint density at radius 2 is 1.82 bits per heavy atom. The molecule has 13 heteroatoms. The molecule has 1 amide bonds. The fraction of sp³-hybridized carbons (Fsp3) is 0.148. The van der Waals surface area contributed by atoms with E-state index in [9.17, 15) is 27.2 Å².